The first-order valence-corrected chi connectivity index (χ1v) is 6.77. The molecule has 2 unspecified atom stereocenters. The second-order valence-corrected chi connectivity index (χ2v) is 5.46. The highest BCUT2D eigenvalue weighted by Gasteiger charge is 2.34. The zero-order chi connectivity index (χ0) is 11.7. The van der Waals surface area contributed by atoms with Crippen molar-refractivity contribution in [3.63, 3.8) is 0 Å². The molecule has 3 nitrogen and oxygen atoms in total. The lowest BCUT2D eigenvalue weighted by Crippen LogP contribution is -2.41. The summed E-state index contributed by atoms with van der Waals surface area (Å²) in [6.07, 6.45) is 9.00. The van der Waals surface area contributed by atoms with E-state index in [0.717, 1.165) is 18.5 Å². The van der Waals surface area contributed by atoms with Gasteiger partial charge in [0.1, 0.15) is 5.82 Å². The molecule has 3 heteroatoms. The molecule has 3 rings (SSSR count). The van der Waals surface area contributed by atoms with Gasteiger partial charge in [0, 0.05) is 18.8 Å². The normalized spacial score (nSPS) is 29.2. The summed E-state index contributed by atoms with van der Waals surface area (Å²) in [7, 11) is 0. The Morgan fingerprint density at radius 3 is 2.94 bits per heavy atom. The molecule has 17 heavy (non-hydrogen) atoms. The number of anilines is 1. The van der Waals surface area contributed by atoms with Gasteiger partial charge < -0.3 is 5.73 Å². The number of hydrogen-bond acceptors (Lipinski definition) is 3. The van der Waals surface area contributed by atoms with Crippen molar-refractivity contribution in [2.75, 3.05) is 12.3 Å². The Bertz CT molecular complexity index is 374. The molecule has 1 aromatic rings. The first kappa shape index (κ1) is 11.0. The van der Waals surface area contributed by atoms with Crippen LogP contribution in [-0.2, 0) is 6.54 Å². The summed E-state index contributed by atoms with van der Waals surface area (Å²) in [5, 5.41) is 0. The molecule has 2 aliphatic rings. The Hall–Kier alpha value is -1.09. The van der Waals surface area contributed by atoms with Crippen LogP contribution in [0.1, 0.15) is 37.7 Å². The lowest BCUT2D eigenvalue weighted by atomic mass is 9.92. The predicted molar refractivity (Wildman–Crippen MR) is 69.4 cm³/mol. The Balaban J connectivity index is 1.69. The molecule has 1 aliphatic heterocycles. The van der Waals surface area contributed by atoms with Crippen molar-refractivity contribution in [2.45, 2.75) is 44.7 Å². The van der Waals surface area contributed by atoms with Gasteiger partial charge in [-0.3, -0.25) is 4.90 Å². The SMILES string of the molecule is Nc1ccc(CN2CCCC3CCCC32)cn1. The number of nitrogen functional groups attached to an aromatic ring is 1. The van der Waals surface area contributed by atoms with Gasteiger partial charge in [-0.1, -0.05) is 12.5 Å². The third-order valence-electron chi connectivity index (χ3n) is 4.34. The topological polar surface area (TPSA) is 42.1 Å². The number of nitrogens with zero attached hydrogens (tertiary/aromatic N) is 2. The maximum atomic E-state index is 5.62. The Kier molecular flexibility index (Phi) is 3.02. The van der Waals surface area contributed by atoms with Crippen molar-refractivity contribution in [3.8, 4) is 0 Å². The van der Waals surface area contributed by atoms with Crippen LogP contribution in [0.5, 0.6) is 0 Å². The smallest absolute Gasteiger partial charge is 0.123 e. The molecule has 2 fully saturated rings. The van der Waals surface area contributed by atoms with Crippen molar-refractivity contribution < 1.29 is 0 Å². The molecule has 1 saturated heterocycles. The van der Waals surface area contributed by atoms with Crippen molar-refractivity contribution in [1.82, 2.24) is 9.88 Å². The highest BCUT2D eigenvalue weighted by atomic mass is 15.2. The predicted octanol–water partition coefficient (Wildman–Crippen LogP) is 2.43. The molecule has 0 spiro atoms. The van der Waals surface area contributed by atoms with E-state index in [-0.39, 0.29) is 0 Å². The second kappa shape index (κ2) is 4.65. The van der Waals surface area contributed by atoms with Crippen LogP contribution >= 0.6 is 0 Å². The van der Waals surface area contributed by atoms with Gasteiger partial charge in [0.25, 0.3) is 0 Å². The minimum Gasteiger partial charge on any atom is -0.384 e. The lowest BCUT2D eigenvalue weighted by molar-refractivity contribution is 0.106. The number of piperidine rings is 1. The highest BCUT2D eigenvalue weighted by Crippen LogP contribution is 2.37. The van der Waals surface area contributed by atoms with Crippen molar-refractivity contribution in [1.29, 1.82) is 0 Å². The molecule has 92 valence electrons. The van der Waals surface area contributed by atoms with Gasteiger partial charge in [-0.15, -0.1) is 0 Å². The molecule has 1 saturated carbocycles. The summed E-state index contributed by atoms with van der Waals surface area (Å²) in [6, 6.07) is 4.85. The maximum Gasteiger partial charge on any atom is 0.123 e. The highest BCUT2D eigenvalue weighted by molar-refractivity contribution is 5.29. The quantitative estimate of drug-likeness (QED) is 0.850. The molecule has 0 aromatic carbocycles. The van der Waals surface area contributed by atoms with Crippen LogP contribution in [0.3, 0.4) is 0 Å². The van der Waals surface area contributed by atoms with E-state index in [1.807, 2.05) is 12.3 Å². The molecule has 2 N–H and O–H groups in total. The summed E-state index contributed by atoms with van der Waals surface area (Å²) < 4.78 is 0. The maximum absolute atomic E-state index is 5.62. The number of likely N-dealkylation sites (tertiary alicyclic amines) is 1. The van der Waals surface area contributed by atoms with E-state index < -0.39 is 0 Å². The standard InChI is InChI=1S/C14H21N3/c15-14-7-6-11(9-16-14)10-17-8-2-4-12-3-1-5-13(12)17/h6-7,9,12-13H,1-5,8,10H2,(H2,15,16). The number of hydrogen-bond donors (Lipinski definition) is 1. The van der Waals surface area contributed by atoms with Crippen LogP contribution in [0.15, 0.2) is 18.3 Å². The van der Waals surface area contributed by atoms with E-state index in [1.165, 1.54) is 44.2 Å². The van der Waals surface area contributed by atoms with Gasteiger partial charge in [0.05, 0.1) is 0 Å². The number of nitrogens with two attached hydrogens (primary N) is 1. The summed E-state index contributed by atoms with van der Waals surface area (Å²) in [4.78, 5) is 6.84. The summed E-state index contributed by atoms with van der Waals surface area (Å²) >= 11 is 0. The van der Waals surface area contributed by atoms with E-state index in [2.05, 4.69) is 16.0 Å². The zero-order valence-electron chi connectivity index (χ0n) is 10.3. The third-order valence-corrected chi connectivity index (χ3v) is 4.34. The Morgan fingerprint density at radius 1 is 1.24 bits per heavy atom. The number of fused-ring (bicyclic) bond motifs is 1. The second-order valence-electron chi connectivity index (χ2n) is 5.46. The van der Waals surface area contributed by atoms with Crippen molar-refractivity contribution in [3.05, 3.63) is 23.9 Å². The number of pyridine rings is 1. The van der Waals surface area contributed by atoms with Crippen molar-refractivity contribution >= 4 is 5.82 Å². The minimum absolute atomic E-state index is 0.617. The molecular formula is C14H21N3. The van der Waals surface area contributed by atoms with Gasteiger partial charge in [0.2, 0.25) is 0 Å². The third kappa shape index (κ3) is 2.29. The summed E-state index contributed by atoms with van der Waals surface area (Å²) in [5.74, 6) is 1.58. The molecule has 1 aromatic heterocycles. The Morgan fingerprint density at radius 2 is 2.12 bits per heavy atom. The van der Waals surface area contributed by atoms with Gasteiger partial charge in [0.15, 0.2) is 0 Å². The van der Waals surface area contributed by atoms with Gasteiger partial charge in [-0.2, -0.15) is 0 Å². The van der Waals surface area contributed by atoms with Gasteiger partial charge in [-0.25, -0.2) is 4.98 Å². The van der Waals surface area contributed by atoms with E-state index in [9.17, 15) is 0 Å². The zero-order valence-corrected chi connectivity index (χ0v) is 10.3. The van der Waals surface area contributed by atoms with Crippen LogP contribution in [0, 0.1) is 5.92 Å². The summed E-state index contributed by atoms with van der Waals surface area (Å²) in [6.45, 7) is 2.31. The molecule has 0 bridgehead atoms. The largest absolute Gasteiger partial charge is 0.384 e. The summed E-state index contributed by atoms with van der Waals surface area (Å²) in [5.41, 5.74) is 6.92. The minimum atomic E-state index is 0.617. The molecule has 1 aliphatic carbocycles. The lowest BCUT2D eigenvalue weighted by Gasteiger charge is -2.37. The molecule has 0 amide bonds. The van der Waals surface area contributed by atoms with Crippen LogP contribution in [-0.4, -0.2) is 22.5 Å². The monoisotopic (exact) mass is 231 g/mol. The van der Waals surface area contributed by atoms with Crippen LogP contribution in [0.4, 0.5) is 5.82 Å². The van der Waals surface area contributed by atoms with Gasteiger partial charge >= 0.3 is 0 Å². The first-order chi connectivity index (χ1) is 8.33. The first-order valence-electron chi connectivity index (χ1n) is 6.77. The number of rotatable bonds is 2. The fourth-order valence-corrected chi connectivity index (χ4v) is 3.52. The van der Waals surface area contributed by atoms with Crippen molar-refractivity contribution in [2.24, 2.45) is 5.92 Å². The number of aromatic nitrogens is 1. The Labute approximate surface area is 103 Å². The van der Waals surface area contributed by atoms with E-state index in [4.69, 9.17) is 5.73 Å². The average Bonchev–Trinajstić information content (AvgIpc) is 2.81. The molecule has 0 radical (unpaired) electrons. The van der Waals surface area contributed by atoms with E-state index in [0.29, 0.717) is 5.82 Å². The van der Waals surface area contributed by atoms with E-state index in [1.54, 1.807) is 0 Å². The van der Waals surface area contributed by atoms with Crippen LogP contribution in [0.2, 0.25) is 0 Å². The van der Waals surface area contributed by atoms with Crippen LogP contribution < -0.4 is 5.73 Å². The fourth-order valence-electron chi connectivity index (χ4n) is 3.52. The molecule has 2 heterocycles. The van der Waals surface area contributed by atoms with Gasteiger partial charge in [-0.05, 0) is 49.8 Å². The van der Waals surface area contributed by atoms with E-state index >= 15 is 0 Å². The fraction of sp³-hybridized carbons (Fsp3) is 0.643. The molecular weight excluding hydrogens is 210 g/mol. The van der Waals surface area contributed by atoms with Crippen LogP contribution in [0.25, 0.3) is 0 Å². The molecule has 2 atom stereocenters. The average molecular weight is 231 g/mol.